The van der Waals surface area contributed by atoms with Crippen molar-refractivity contribution in [3.05, 3.63) is 27.3 Å². The number of amides is 4. The average molecular weight is 469 g/mol. The van der Waals surface area contributed by atoms with E-state index in [2.05, 4.69) is 40.1 Å². The number of urea groups is 1. The highest BCUT2D eigenvalue weighted by molar-refractivity contribution is 14.1. The fraction of sp³-hybridized carbons (Fsp3) is 0.526. The zero-order valence-corrected chi connectivity index (χ0v) is 17.3. The number of anilines is 1. The lowest BCUT2D eigenvalue weighted by atomic mass is 9.75. The lowest BCUT2D eigenvalue weighted by Crippen LogP contribution is -2.49. The molecule has 2 aliphatic rings. The number of imide groups is 1. The van der Waals surface area contributed by atoms with Crippen molar-refractivity contribution in [3.8, 4) is 0 Å². The number of benzene rings is 1. The first-order valence-electron chi connectivity index (χ1n) is 9.05. The van der Waals surface area contributed by atoms with Gasteiger partial charge < -0.3 is 10.6 Å². The Balaban J connectivity index is 1.65. The SMILES string of the molecule is CCC1CCC2(CC1)NC(=O)N(CC(=O)Nc1ccc(I)cc1C)C2=O. The van der Waals surface area contributed by atoms with Crippen LogP contribution in [0.4, 0.5) is 10.5 Å². The number of nitrogens with zero attached hydrogens (tertiary/aromatic N) is 1. The van der Waals surface area contributed by atoms with Crippen LogP contribution in [-0.4, -0.2) is 34.8 Å². The van der Waals surface area contributed by atoms with Crippen LogP contribution in [0, 0.1) is 16.4 Å². The smallest absolute Gasteiger partial charge is 0.324 e. The number of carbonyl (C=O) groups is 3. The molecule has 26 heavy (non-hydrogen) atoms. The predicted octanol–water partition coefficient (Wildman–Crippen LogP) is 3.43. The van der Waals surface area contributed by atoms with Gasteiger partial charge in [-0.15, -0.1) is 0 Å². The normalized spacial score (nSPS) is 25.5. The van der Waals surface area contributed by atoms with E-state index in [1.165, 1.54) is 0 Å². The van der Waals surface area contributed by atoms with Crippen LogP contribution in [0.2, 0.25) is 0 Å². The zero-order chi connectivity index (χ0) is 18.9. The summed E-state index contributed by atoms with van der Waals surface area (Å²) in [6.45, 7) is 3.81. The zero-order valence-electron chi connectivity index (χ0n) is 15.1. The summed E-state index contributed by atoms with van der Waals surface area (Å²) < 4.78 is 1.08. The Hall–Kier alpha value is -1.64. The second-order valence-electron chi connectivity index (χ2n) is 7.26. The lowest BCUT2D eigenvalue weighted by Gasteiger charge is -2.34. The van der Waals surface area contributed by atoms with Gasteiger partial charge in [-0.3, -0.25) is 14.5 Å². The van der Waals surface area contributed by atoms with Gasteiger partial charge in [0.1, 0.15) is 12.1 Å². The molecular weight excluding hydrogens is 445 g/mol. The maximum atomic E-state index is 12.8. The molecule has 0 radical (unpaired) electrons. The molecule has 1 aromatic rings. The van der Waals surface area contributed by atoms with Gasteiger partial charge in [-0.05, 0) is 84.9 Å². The standard InChI is InChI=1S/C19H24IN3O3/c1-3-13-6-8-19(9-7-13)17(25)23(18(26)22-19)11-16(24)21-15-5-4-14(20)10-12(15)2/h4-5,10,13H,3,6-9,11H2,1-2H3,(H,21,24)(H,22,26). The summed E-state index contributed by atoms with van der Waals surface area (Å²) in [5.41, 5.74) is 0.833. The van der Waals surface area contributed by atoms with Crippen LogP contribution in [0.15, 0.2) is 18.2 Å². The van der Waals surface area contributed by atoms with Gasteiger partial charge in [0.05, 0.1) is 0 Å². The molecule has 140 valence electrons. The minimum absolute atomic E-state index is 0.255. The molecule has 1 spiro atoms. The molecule has 1 saturated carbocycles. The average Bonchev–Trinajstić information content (AvgIpc) is 2.82. The highest BCUT2D eigenvalue weighted by Gasteiger charge is 2.52. The third-order valence-corrected chi connectivity index (χ3v) is 6.22. The van der Waals surface area contributed by atoms with E-state index < -0.39 is 11.6 Å². The van der Waals surface area contributed by atoms with Gasteiger partial charge in [0.2, 0.25) is 5.91 Å². The van der Waals surface area contributed by atoms with E-state index in [1.807, 2.05) is 25.1 Å². The van der Waals surface area contributed by atoms with Gasteiger partial charge in [0.15, 0.2) is 0 Å². The fourth-order valence-electron chi connectivity index (χ4n) is 3.84. The summed E-state index contributed by atoms with van der Waals surface area (Å²) in [7, 11) is 0. The van der Waals surface area contributed by atoms with Gasteiger partial charge >= 0.3 is 6.03 Å². The van der Waals surface area contributed by atoms with Gasteiger partial charge in [-0.1, -0.05) is 13.3 Å². The molecule has 6 nitrogen and oxygen atoms in total. The third kappa shape index (κ3) is 3.72. The molecule has 2 N–H and O–H groups in total. The molecule has 1 aliphatic carbocycles. The Morgan fingerprint density at radius 1 is 1.35 bits per heavy atom. The predicted molar refractivity (Wildman–Crippen MR) is 108 cm³/mol. The van der Waals surface area contributed by atoms with Crippen molar-refractivity contribution in [2.45, 2.75) is 51.5 Å². The number of rotatable bonds is 4. The molecule has 3 rings (SSSR count). The van der Waals surface area contributed by atoms with Crippen molar-refractivity contribution in [3.63, 3.8) is 0 Å². The number of nitrogens with one attached hydrogen (secondary N) is 2. The minimum Gasteiger partial charge on any atom is -0.324 e. The maximum Gasteiger partial charge on any atom is 0.325 e. The quantitative estimate of drug-likeness (QED) is 0.524. The van der Waals surface area contributed by atoms with Gasteiger partial charge in [0.25, 0.3) is 5.91 Å². The van der Waals surface area contributed by atoms with E-state index in [0.717, 1.165) is 33.3 Å². The summed E-state index contributed by atoms with van der Waals surface area (Å²) in [5, 5.41) is 5.66. The summed E-state index contributed by atoms with van der Waals surface area (Å²) in [6.07, 6.45) is 4.28. The second-order valence-corrected chi connectivity index (χ2v) is 8.51. The van der Waals surface area contributed by atoms with Crippen molar-refractivity contribution in [2.75, 3.05) is 11.9 Å². The fourth-order valence-corrected chi connectivity index (χ4v) is 4.48. The molecule has 0 aromatic heterocycles. The van der Waals surface area contributed by atoms with Crippen molar-refractivity contribution >= 4 is 46.1 Å². The summed E-state index contributed by atoms with van der Waals surface area (Å²) >= 11 is 2.21. The van der Waals surface area contributed by atoms with Gasteiger partial charge in [-0.2, -0.15) is 0 Å². The number of hydrogen-bond donors (Lipinski definition) is 2. The monoisotopic (exact) mass is 469 g/mol. The molecule has 1 aliphatic heterocycles. The minimum atomic E-state index is -0.804. The van der Waals surface area contributed by atoms with Crippen molar-refractivity contribution in [1.82, 2.24) is 10.2 Å². The molecule has 1 aromatic carbocycles. The Morgan fingerprint density at radius 2 is 2.04 bits per heavy atom. The van der Waals surface area contributed by atoms with Crippen LogP contribution in [-0.2, 0) is 9.59 Å². The van der Waals surface area contributed by atoms with E-state index in [1.54, 1.807) is 0 Å². The highest BCUT2D eigenvalue weighted by atomic mass is 127. The first-order chi connectivity index (χ1) is 12.3. The number of halogens is 1. The molecule has 0 unspecified atom stereocenters. The number of hydrogen-bond acceptors (Lipinski definition) is 3. The van der Waals surface area contributed by atoms with E-state index in [9.17, 15) is 14.4 Å². The Kier molecular flexibility index (Phi) is 5.55. The largest absolute Gasteiger partial charge is 0.325 e. The van der Waals surface area contributed by atoms with E-state index >= 15 is 0 Å². The first-order valence-corrected chi connectivity index (χ1v) is 10.1. The highest BCUT2D eigenvalue weighted by Crippen LogP contribution is 2.37. The van der Waals surface area contributed by atoms with Crippen LogP contribution < -0.4 is 10.6 Å². The van der Waals surface area contributed by atoms with Crippen molar-refractivity contribution in [1.29, 1.82) is 0 Å². The van der Waals surface area contributed by atoms with Crippen LogP contribution in [0.3, 0.4) is 0 Å². The lowest BCUT2D eigenvalue weighted by molar-refractivity contribution is -0.135. The summed E-state index contributed by atoms with van der Waals surface area (Å²) in [6, 6.07) is 5.23. The molecule has 7 heteroatoms. The molecule has 1 saturated heterocycles. The Labute approximate surface area is 167 Å². The van der Waals surface area contributed by atoms with Gasteiger partial charge in [-0.25, -0.2) is 4.79 Å². The first kappa shape index (κ1) is 19.1. The second kappa shape index (κ2) is 7.54. The van der Waals surface area contributed by atoms with Crippen LogP contribution in [0.1, 0.15) is 44.6 Å². The van der Waals surface area contributed by atoms with Crippen LogP contribution >= 0.6 is 22.6 Å². The van der Waals surface area contributed by atoms with Crippen molar-refractivity contribution < 1.29 is 14.4 Å². The molecular formula is C19H24IN3O3. The molecule has 4 amide bonds. The van der Waals surface area contributed by atoms with Crippen molar-refractivity contribution in [2.24, 2.45) is 5.92 Å². The summed E-state index contributed by atoms with van der Waals surface area (Å²) in [5.74, 6) is -0.00448. The Morgan fingerprint density at radius 3 is 2.65 bits per heavy atom. The maximum absolute atomic E-state index is 12.8. The van der Waals surface area contributed by atoms with Crippen LogP contribution in [0.25, 0.3) is 0 Å². The van der Waals surface area contributed by atoms with E-state index in [-0.39, 0.29) is 18.4 Å². The van der Waals surface area contributed by atoms with Gasteiger partial charge in [0, 0.05) is 9.26 Å². The third-order valence-electron chi connectivity index (χ3n) is 5.55. The molecule has 0 atom stereocenters. The van der Waals surface area contributed by atoms with E-state index in [0.29, 0.717) is 24.4 Å². The number of carbonyl (C=O) groups excluding carboxylic acids is 3. The van der Waals surface area contributed by atoms with E-state index in [4.69, 9.17) is 0 Å². The topological polar surface area (TPSA) is 78.5 Å². The Bertz CT molecular complexity index is 742. The summed E-state index contributed by atoms with van der Waals surface area (Å²) in [4.78, 5) is 38.6. The molecule has 2 fully saturated rings. The molecule has 0 bridgehead atoms. The van der Waals surface area contributed by atoms with Crippen LogP contribution in [0.5, 0.6) is 0 Å². The molecule has 1 heterocycles. The number of aryl methyl sites for hydroxylation is 1.